The molecule has 3 aromatic rings. The molecule has 2 aromatic heterocycles. The molecule has 1 radical (unpaired) electrons. The summed E-state index contributed by atoms with van der Waals surface area (Å²) in [4.78, 5) is 8.00. The summed E-state index contributed by atoms with van der Waals surface area (Å²) in [5, 5.41) is 14.2. The van der Waals surface area contributed by atoms with Gasteiger partial charge < -0.3 is 4.98 Å². The van der Waals surface area contributed by atoms with Crippen molar-refractivity contribution in [1.82, 2.24) is 9.97 Å². The van der Waals surface area contributed by atoms with Crippen molar-refractivity contribution in [3.05, 3.63) is 84.3 Å². The van der Waals surface area contributed by atoms with E-state index in [1.807, 2.05) is 18.2 Å². The molecule has 0 unspecified atom stereocenters. The Labute approximate surface area is 161 Å². The van der Waals surface area contributed by atoms with Gasteiger partial charge in [-0.15, -0.1) is 22.4 Å². The molecule has 4 rings (SSSR count). The Hall–Kier alpha value is -2.77. The smallest absolute Gasteiger partial charge is 0.226 e. The van der Waals surface area contributed by atoms with Crippen molar-refractivity contribution in [2.24, 2.45) is 20.7 Å². The average Bonchev–Trinajstić information content (AvgIpc) is 3.19. The summed E-state index contributed by atoms with van der Waals surface area (Å²) < 4.78 is 25.8. The molecule has 9 heteroatoms. The Morgan fingerprint density at radius 3 is 2.15 bits per heavy atom. The van der Waals surface area contributed by atoms with Gasteiger partial charge >= 0.3 is 0 Å². The first-order chi connectivity index (χ1) is 12.2. The van der Waals surface area contributed by atoms with Crippen molar-refractivity contribution in [2.75, 3.05) is 0 Å². The number of aromatic nitrogens is 2. The molecule has 0 saturated carbocycles. The molecule has 133 valence electrons. The van der Waals surface area contributed by atoms with Gasteiger partial charge in [0.2, 0.25) is 6.17 Å². The SMILES string of the molecule is Fc1c[c-]c(-c2ccccn2)c(F)c1.[Ir].c1ccc(C2N=NN=N2)nc1. The summed E-state index contributed by atoms with van der Waals surface area (Å²) in [6, 6.07) is 15.1. The van der Waals surface area contributed by atoms with E-state index < -0.39 is 11.6 Å². The molecule has 0 N–H and O–H groups in total. The Balaban J connectivity index is 0.000000184. The van der Waals surface area contributed by atoms with E-state index in [1.165, 1.54) is 0 Å². The quantitative estimate of drug-likeness (QED) is 0.450. The minimum atomic E-state index is -0.649. The predicted octanol–water partition coefficient (Wildman–Crippen LogP) is 4.74. The first-order valence-electron chi connectivity index (χ1n) is 7.23. The van der Waals surface area contributed by atoms with Crippen LogP contribution in [-0.2, 0) is 20.1 Å². The van der Waals surface area contributed by atoms with E-state index in [0.29, 0.717) is 5.69 Å². The zero-order chi connectivity index (χ0) is 17.5. The van der Waals surface area contributed by atoms with Gasteiger partial charge in [0.25, 0.3) is 0 Å². The summed E-state index contributed by atoms with van der Waals surface area (Å²) >= 11 is 0. The van der Waals surface area contributed by atoms with Gasteiger partial charge in [-0.2, -0.15) is 0 Å². The largest absolute Gasteiger partial charge is 0.305 e. The van der Waals surface area contributed by atoms with Crippen LogP contribution in [0.5, 0.6) is 0 Å². The van der Waals surface area contributed by atoms with Crippen LogP contribution >= 0.6 is 0 Å². The van der Waals surface area contributed by atoms with Crippen molar-refractivity contribution < 1.29 is 28.9 Å². The number of benzene rings is 1. The van der Waals surface area contributed by atoms with Crippen molar-refractivity contribution in [3.63, 3.8) is 0 Å². The number of rotatable bonds is 2. The van der Waals surface area contributed by atoms with E-state index in [2.05, 4.69) is 36.7 Å². The second-order valence-electron chi connectivity index (χ2n) is 4.79. The fourth-order valence-electron chi connectivity index (χ4n) is 1.97. The number of nitrogens with zero attached hydrogens (tertiary/aromatic N) is 6. The maximum absolute atomic E-state index is 13.2. The average molecular weight is 530 g/mol. The van der Waals surface area contributed by atoms with Gasteiger partial charge in [0.1, 0.15) is 0 Å². The van der Waals surface area contributed by atoms with Crippen molar-refractivity contribution in [3.8, 4) is 11.3 Å². The fraction of sp³-hybridized carbons (Fsp3) is 0.0588. The molecule has 0 atom stereocenters. The van der Waals surface area contributed by atoms with Crippen LogP contribution in [0.3, 0.4) is 0 Å². The normalized spacial score (nSPS) is 12.2. The van der Waals surface area contributed by atoms with E-state index in [9.17, 15) is 8.78 Å². The third-order valence-electron chi connectivity index (χ3n) is 3.09. The first-order valence-corrected chi connectivity index (χ1v) is 7.23. The van der Waals surface area contributed by atoms with Crippen LogP contribution in [0.15, 0.2) is 81.6 Å². The van der Waals surface area contributed by atoms with Crippen LogP contribution in [0.2, 0.25) is 0 Å². The third-order valence-corrected chi connectivity index (χ3v) is 3.09. The summed E-state index contributed by atoms with van der Waals surface area (Å²) in [7, 11) is 0. The summed E-state index contributed by atoms with van der Waals surface area (Å²) in [5.41, 5.74) is 1.41. The van der Waals surface area contributed by atoms with Gasteiger partial charge in [0, 0.05) is 44.1 Å². The van der Waals surface area contributed by atoms with Gasteiger partial charge in [-0.05, 0) is 34.3 Å². The molecule has 1 aromatic carbocycles. The van der Waals surface area contributed by atoms with Gasteiger partial charge in [-0.1, -0.05) is 29.8 Å². The summed E-state index contributed by atoms with van der Waals surface area (Å²) in [6.45, 7) is 0. The van der Waals surface area contributed by atoms with Crippen LogP contribution in [-0.4, -0.2) is 9.97 Å². The standard InChI is InChI=1S/C11H6F2N.C6H5N5.Ir/c12-8-4-5-9(10(13)7-8)11-3-1-2-6-14-11;1-2-4-7-5(3-1)6-8-10-11-9-6;/h1-4,6-7H;1-4,6H;/q-1;;. The van der Waals surface area contributed by atoms with Gasteiger partial charge in [0.15, 0.2) is 0 Å². The molecule has 1 aliphatic heterocycles. The minimum Gasteiger partial charge on any atom is -0.305 e. The molecule has 0 aliphatic carbocycles. The summed E-state index contributed by atoms with van der Waals surface area (Å²) in [5.74, 6) is -1.29. The molecule has 6 nitrogen and oxygen atoms in total. The minimum absolute atomic E-state index is 0. The fourth-order valence-corrected chi connectivity index (χ4v) is 1.97. The zero-order valence-corrected chi connectivity index (χ0v) is 15.5. The maximum Gasteiger partial charge on any atom is 0.226 e. The number of pyridine rings is 2. The molecule has 1 aliphatic rings. The van der Waals surface area contributed by atoms with Crippen molar-refractivity contribution in [1.29, 1.82) is 0 Å². The Kier molecular flexibility index (Phi) is 7.25. The molecule has 0 bridgehead atoms. The van der Waals surface area contributed by atoms with E-state index >= 15 is 0 Å². The second-order valence-corrected chi connectivity index (χ2v) is 4.79. The number of hydrogen-bond donors (Lipinski definition) is 0. The monoisotopic (exact) mass is 530 g/mol. The first kappa shape index (κ1) is 19.6. The predicted molar refractivity (Wildman–Crippen MR) is 85.1 cm³/mol. The van der Waals surface area contributed by atoms with E-state index in [0.717, 1.165) is 17.8 Å². The van der Waals surface area contributed by atoms with Crippen LogP contribution in [0.1, 0.15) is 11.9 Å². The topological polar surface area (TPSA) is 75.2 Å². The summed E-state index contributed by atoms with van der Waals surface area (Å²) in [6.07, 6.45) is 2.92. The van der Waals surface area contributed by atoms with Crippen molar-refractivity contribution in [2.45, 2.75) is 6.17 Å². The molecular weight excluding hydrogens is 518 g/mol. The molecular formula is C17H11F2IrN6-. The van der Waals surface area contributed by atoms with Gasteiger partial charge in [-0.25, -0.2) is 0 Å². The Bertz CT molecular complexity index is 878. The third kappa shape index (κ3) is 5.11. The van der Waals surface area contributed by atoms with Crippen LogP contribution in [0.25, 0.3) is 11.3 Å². The van der Waals surface area contributed by atoms with E-state index in [-0.39, 0.29) is 31.8 Å². The van der Waals surface area contributed by atoms with Crippen LogP contribution < -0.4 is 0 Å². The zero-order valence-electron chi connectivity index (χ0n) is 13.1. The number of halogens is 2. The maximum atomic E-state index is 13.2. The van der Waals surface area contributed by atoms with E-state index in [1.54, 1.807) is 30.6 Å². The molecule has 0 spiro atoms. The Morgan fingerprint density at radius 2 is 1.58 bits per heavy atom. The number of hydrogen-bond acceptors (Lipinski definition) is 6. The molecule has 0 saturated heterocycles. The van der Waals surface area contributed by atoms with Gasteiger partial charge in [-0.3, -0.25) is 13.8 Å². The second kappa shape index (κ2) is 9.64. The van der Waals surface area contributed by atoms with Crippen LogP contribution in [0.4, 0.5) is 8.78 Å². The van der Waals surface area contributed by atoms with E-state index in [4.69, 9.17) is 0 Å². The Morgan fingerprint density at radius 1 is 0.885 bits per heavy atom. The van der Waals surface area contributed by atoms with Gasteiger partial charge in [0.05, 0.1) is 5.69 Å². The molecule has 0 amide bonds. The van der Waals surface area contributed by atoms with Crippen molar-refractivity contribution >= 4 is 0 Å². The molecule has 0 fully saturated rings. The van der Waals surface area contributed by atoms with Crippen LogP contribution in [0, 0.1) is 17.7 Å². The molecule has 3 heterocycles. The molecule has 26 heavy (non-hydrogen) atoms.